The lowest BCUT2D eigenvalue weighted by molar-refractivity contribution is -0.128. The van der Waals surface area contributed by atoms with Gasteiger partial charge in [-0.05, 0) is 12.8 Å². The summed E-state index contributed by atoms with van der Waals surface area (Å²) in [6.07, 6.45) is 2.14. The van der Waals surface area contributed by atoms with Crippen molar-refractivity contribution in [3.05, 3.63) is 0 Å². The molecule has 0 aromatic carbocycles. The highest BCUT2D eigenvalue weighted by atomic mass is 16.5. The molecule has 8 heteroatoms. The number of ether oxygens (including phenoxy) is 1. The van der Waals surface area contributed by atoms with Crippen molar-refractivity contribution in [1.82, 2.24) is 19.9 Å². The van der Waals surface area contributed by atoms with Gasteiger partial charge in [0.25, 0.3) is 0 Å². The number of aromatic nitrogens is 3. The average Bonchev–Trinajstić information content (AvgIpc) is 2.89. The van der Waals surface area contributed by atoms with Crippen molar-refractivity contribution in [2.75, 3.05) is 37.8 Å². The first kappa shape index (κ1) is 12.3. The van der Waals surface area contributed by atoms with E-state index in [0.717, 1.165) is 25.9 Å². The lowest BCUT2D eigenvalue weighted by Crippen LogP contribution is -2.33. The maximum absolute atomic E-state index is 11.8. The number of methoxy groups -OCH3 is 1. The summed E-state index contributed by atoms with van der Waals surface area (Å²) < 4.78 is 4.86. The Kier molecular flexibility index (Phi) is 3.75. The van der Waals surface area contributed by atoms with Crippen LogP contribution in [-0.2, 0) is 4.79 Å². The minimum atomic E-state index is 0.0328. The molecule has 98 valence electrons. The molecule has 2 rings (SSSR count). The van der Waals surface area contributed by atoms with E-state index in [0.29, 0.717) is 0 Å². The molecule has 1 aliphatic rings. The summed E-state index contributed by atoms with van der Waals surface area (Å²) in [5.74, 6) is 0.329. The van der Waals surface area contributed by atoms with Crippen molar-refractivity contribution < 1.29 is 9.53 Å². The van der Waals surface area contributed by atoms with Gasteiger partial charge in [-0.15, -0.1) is 0 Å². The van der Waals surface area contributed by atoms with Crippen molar-refractivity contribution in [1.29, 1.82) is 0 Å². The number of hydrogen-bond acceptors (Lipinski definition) is 7. The Hall–Kier alpha value is -2.12. The van der Waals surface area contributed by atoms with Gasteiger partial charge in [0.1, 0.15) is 0 Å². The molecule has 0 atom stereocenters. The number of amides is 1. The minimum absolute atomic E-state index is 0.0328. The van der Waals surface area contributed by atoms with Crippen LogP contribution in [0.1, 0.15) is 12.8 Å². The van der Waals surface area contributed by atoms with Crippen molar-refractivity contribution in [3.63, 3.8) is 0 Å². The van der Waals surface area contributed by atoms with Crippen LogP contribution in [0.25, 0.3) is 0 Å². The molecule has 8 nitrogen and oxygen atoms in total. The second-order valence-electron chi connectivity index (χ2n) is 3.95. The summed E-state index contributed by atoms with van der Waals surface area (Å²) in [6, 6.07) is 0.124. The zero-order chi connectivity index (χ0) is 13.0. The van der Waals surface area contributed by atoms with Gasteiger partial charge in [0.05, 0.1) is 13.7 Å². The number of nitrogens with one attached hydrogen (secondary N) is 1. The predicted octanol–water partition coefficient (Wildman–Crippen LogP) is -0.503. The van der Waals surface area contributed by atoms with Crippen molar-refractivity contribution in [2.45, 2.75) is 12.8 Å². The summed E-state index contributed by atoms with van der Waals surface area (Å²) in [5.41, 5.74) is 5.49. The van der Waals surface area contributed by atoms with E-state index in [1.54, 1.807) is 0 Å². The molecule has 0 saturated carbocycles. The normalized spacial score (nSPS) is 14.6. The Morgan fingerprint density at radius 2 is 2.11 bits per heavy atom. The van der Waals surface area contributed by atoms with Crippen molar-refractivity contribution >= 4 is 17.8 Å². The van der Waals surface area contributed by atoms with Gasteiger partial charge in [-0.3, -0.25) is 4.79 Å². The van der Waals surface area contributed by atoms with Crippen molar-refractivity contribution in [2.24, 2.45) is 0 Å². The van der Waals surface area contributed by atoms with E-state index in [1.807, 2.05) is 4.90 Å². The maximum atomic E-state index is 11.8. The topological polar surface area (TPSA) is 106 Å². The molecule has 2 heterocycles. The largest absolute Gasteiger partial charge is 0.467 e. The number of hydrogen-bond donors (Lipinski definition) is 2. The number of anilines is 2. The summed E-state index contributed by atoms with van der Waals surface area (Å²) in [7, 11) is 1.44. The number of nitrogens with zero attached hydrogens (tertiary/aromatic N) is 4. The van der Waals surface area contributed by atoms with Crippen LogP contribution >= 0.6 is 0 Å². The van der Waals surface area contributed by atoms with Crippen LogP contribution in [0.15, 0.2) is 0 Å². The molecule has 1 aromatic rings. The molecule has 0 unspecified atom stereocenters. The first-order valence-corrected chi connectivity index (χ1v) is 5.76. The lowest BCUT2D eigenvalue weighted by atomic mass is 10.4. The monoisotopic (exact) mass is 252 g/mol. The SMILES string of the molecule is COc1nc(N)nc(NCC(=O)N2CCCC2)n1. The Bertz CT molecular complexity index is 432. The average molecular weight is 252 g/mol. The summed E-state index contributed by atoms with van der Waals surface area (Å²) in [6.45, 7) is 1.79. The van der Waals surface area contributed by atoms with E-state index in [-0.39, 0.29) is 30.4 Å². The van der Waals surface area contributed by atoms with Crippen LogP contribution in [0.3, 0.4) is 0 Å². The fourth-order valence-corrected chi connectivity index (χ4v) is 1.78. The molecule has 0 radical (unpaired) electrons. The Labute approximate surface area is 105 Å². The Morgan fingerprint density at radius 3 is 2.78 bits per heavy atom. The molecular weight excluding hydrogens is 236 g/mol. The van der Waals surface area contributed by atoms with Gasteiger partial charge >= 0.3 is 6.01 Å². The zero-order valence-corrected chi connectivity index (χ0v) is 10.2. The van der Waals surface area contributed by atoms with E-state index < -0.39 is 0 Å². The Balaban J connectivity index is 1.92. The van der Waals surface area contributed by atoms with Crippen LogP contribution in [0, 0.1) is 0 Å². The summed E-state index contributed by atoms with van der Waals surface area (Å²) in [5, 5.41) is 2.82. The number of carbonyl (C=O) groups is 1. The third kappa shape index (κ3) is 2.96. The molecule has 18 heavy (non-hydrogen) atoms. The van der Waals surface area contributed by atoms with E-state index in [4.69, 9.17) is 10.5 Å². The van der Waals surface area contributed by atoms with E-state index in [1.165, 1.54) is 7.11 Å². The van der Waals surface area contributed by atoms with Gasteiger partial charge in [-0.2, -0.15) is 15.0 Å². The smallest absolute Gasteiger partial charge is 0.322 e. The number of nitrogens with two attached hydrogens (primary N) is 1. The highest BCUT2D eigenvalue weighted by Gasteiger charge is 2.17. The third-order valence-electron chi connectivity index (χ3n) is 2.67. The molecule has 1 amide bonds. The molecule has 1 saturated heterocycles. The number of carbonyl (C=O) groups excluding carboxylic acids is 1. The number of likely N-dealkylation sites (tertiary alicyclic amines) is 1. The standard InChI is InChI=1S/C10H16N6O2/c1-18-10-14-8(11)13-9(15-10)12-6-7(17)16-4-2-3-5-16/h2-6H2,1H3,(H3,11,12,13,14,15). The van der Waals surface area contributed by atoms with Crippen LogP contribution < -0.4 is 15.8 Å². The fraction of sp³-hybridized carbons (Fsp3) is 0.600. The maximum Gasteiger partial charge on any atom is 0.322 e. The minimum Gasteiger partial charge on any atom is -0.467 e. The highest BCUT2D eigenvalue weighted by Crippen LogP contribution is 2.10. The van der Waals surface area contributed by atoms with E-state index in [2.05, 4.69) is 20.3 Å². The molecule has 1 fully saturated rings. The highest BCUT2D eigenvalue weighted by molar-refractivity contribution is 5.80. The molecule has 1 aromatic heterocycles. The molecule has 1 aliphatic heterocycles. The molecule has 0 aliphatic carbocycles. The summed E-state index contributed by atoms with van der Waals surface area (Å²) >= 11 is 0. The van der Waals surface area contributed by atoms with Gasteiger partial charge in [-0.1, -0.05) is 0 Å². The van der Waals surface area contributed by atoms with Gasteiger partial charge in [0, 0.05) is 13.1 Å². The van der Waals surface area contributed by atoms with Crippen LogP contribution in [0.5, 0.6) is 6.01 Å². The zero-order valence-electron chi connectivity index (χ0n) is 10.2. The van der Waals surface area contributed by atoms with Gasteiger partial charge in [-0.25, -0.2) is 0 Å². The quantitative estimate of drug-likeness (QED) is 0.743. The first-order chi connectivity index (χ1) is 8.69. The molecular formula is C10H16N6O2. The van der Waals surface area contributed by atoms with Crippen LogP contribution in [-0.4, -0.2) is 52.5 Å². The fourth-order valence-electron chi connectivity index (χ4n) is 1.78. The third-order valence-corrected chi connectivity index (χ3v) is 2.67. The Morgan fingerprint density at radius 1 is 1.39 bits per heavy atom. The number of nitrogen functional groups attached to an aromatic ring is 1. The van der Waals surface area contributed by atoms with Gasteiger partial charge in [0.2, 0.25) is 17.8 Å². The van der Waals surface area contributed by atoms with Gasteiger partial charge in [0.15, 0.2) is 0 Å². The molecule has 3 N–H and O–H groups in total. The molecule has 0 spiro atoms. The predicted molar refractivity (Wildman–Crippen MR) is 65.1 cm³/mol. The first-order valence-electron chi connectivity index (χ1n) is 5.76. The van der Waals surface area contributed by atoms with Crippen LogP contribution in [0.2, 0.25) is 0 Å². The second-order valence-corrected chi connectivity index (χ2v) is 3.95. The van der Waals surface area contributed by atoms with Gasteiger partial charge < -0.3 is 20.7 Å². The lowest BCUT2D eigenvalue weighted by Gasteiger charge is -2.15. The summed E-state index contributed by atoms with van der Waals surface area (Å²) in [4.78, 5) is 25.2. The van der Waals surface area contributed by atoms with E-state index in [9.17, 15) is 4.79 Å². The second kappa shape index (κ2) is 5.48. The van der Waals surface area contributed by atoms with E-state index >= 15 is 0 Å². The van der Waals surface area contributed by atoms with Crippen molar-refractivity contribution in [3.8, 4) is 6.01 Å². The molecule has 0 bridgehead atoms. The van der Waals surface area contributed by atoms with Crippen LogP contribution in [0.4, 0.5) is 11.9 Å². The number of rotatable bonds is 4.